The number of oxime groups is 1. The zero-order chi connectivity index (χ0) is 21.8. The number of hydrogen-bond donors (Lipinski definition) is 0. The van der Waals surface area contributed by atoms with Gasteiger partial charge in [0.2, 0.25) is 0 Å². The lowest BCUT2D eigenvalue weighted by Gasteiger charge is -2.34. The van der Waals surface area contributed by atoms with Gasteiger partial charge in [-0.3, -0.25) is 0 Å². The Balaban J connectivity index is 1.76. The van der Waals surface area contributed by atoms with Gasteiger partial charge in [-0.2, -0.15) is 5.11 Å². The summed E-state index contributed by atoms with van der Waals surface area (Å²) >= 11 is 12.3. The van der Waals surface area contributed by atoms with Crippen LogP contribution in [-0.4, -0.2) is 35.3 Å². The molecular weight excluding hydrogens is 419 g/mol. The van der Waals surface area contributed by atoms with E-state index in [9.17, 15) is 0 Å². The number of nitrogens with zero attached hydrogens (tertiary/aromatic N) is 4. The summed E-state index contributed by atoms with van der Waals surface area (Å²) in [4.78, 5) is 5.82. The van der Waals surface area contributed by atoms with Crippen molar-refractivity contribution in [2.45, 2.75) is 65.3 Å². The van der Waals surface area contributed by atoms with Crippen molar-refractivity contribution in [3.05, 3.63) is 45.7 Å². The van der Waals surface area contributed by atoms with E-state index in [0.717, 1.165) is 41.9 Å². The Kier molecular flexibility index (Phi) is 7.81. The quantitative estimate of drug-likeness (QED) is 0.263. The van der Waals surface area contributed by atoms with E-state index in [4.69, 9.17) is 28.0 Å². The number of alkyl halides is 1. The number of hydrogen-bond acceptors (Lipinski definition) is 5. The molecule has 1 aliphatic heterocycles. The Hall–Kier alpha value is -1.59. The van der Waals surface area contributed by atoms with Crippen LogP contribution in [0.15, 0.2) is 61.2 Å². The zero-order valence-electron chi connectivity index (χ0n) is 18.5. The van der Waals surface area contributed by atoms with Crippen molar-refractivity contribution in [1.82, 2.24) is 5.01 Å². The largest absolute Gasteiger partial charge is 0.391 e. The molecule has 0 aromatic carbocycles. The average molecular weight is 451 g/mol. The molecule has 0 amide bonds. The van der Waals surface area contributed by atoms with Crippen LogP contribution in [-0.2, 0) is 4.84 Å². The highest BCUT2D eigenvalue weighted by molar-refractivity contribution is 6.38. The van der Waals surface area contributed by atoms with Crippen molar-refractivity contribution in [3.63, 3.8) is 0 Å². The monoisotopic (exact) mass is 450 g/mol. The van der Waals surface area contributed by atoms with Gasteiger partial charge in [-0.15, -0.1) is 11.6 Å². The molecule has 3 aliphatic rings. The van der Waals surface area contributed by atoms with Gasteiger partial charge in [-0.1, -0.05) is 53.6 Å². The summed E-state index contributed by atoms with van der Waals surface area (Å²) < 4.78 is 0. The van der Waals surface area contributed by atoms with Crippen LogP contribution in [0, 0.1) is 11.8 Å². The molecule has 2 aliphatic carbocycles. The van der Waals surface area contributed by atoms with E-state index in [1.165, 1.54) is 5.57 Å². The molecule has 0 aromatic heterocycles. The van der Waals surface area contributed by atoms with Crippen molar-refractivity contribution in [1.29, 1.82) is 0 Å². The third kappa shape index (κ3) is 5.36. The molecule has 0 saturated carbocycles. The third-order valence-electron chi connectivity index (χ3n) is 6.21. The highest BCUT2D eigenvalue weighted by atomic mass is 35.5. The standard InChI is InChI=1S/C23H32Cl2N4O/c1-14-10-16(3)20(23(11-14)29-18(5)15(2)8-9-26-28-29)13-30-27-17(4)19-6-7-21(24)22(25)12-19/h6-7,11,14-15,18,22H,8-10,12-13H2,1-5H3/b27-17-/t14-,15?,18?,22?/m0/s1. The van der Waals surface area contributed by atoms with Crippen molar-refractivity contribution >= 4 is 28.9 Å². The van der Waals surface area contributed by atoms with E-state index in [-0.39, 0.29) is 11.4 Å². The molecule has 1 heterocycles. The van der Waals surface area contributed by atoms with Crippen molar-refractivity contribution in [2.75, 3.05) is 13.2 Å². The third-order valence-corrected chi connectivity index (χ3v) is 7.10. The minimum absolute atomic E-state index is 0.201. The average Bonchev–Trinajstić information content (AvgIpc) is 2.86. The van der Waals surface area contributed by atoms with Crippen LogP contribution < -0.4 is 0 Å². The number of rotatable bonds is 5. The maximum Gasteiger partial charge on any atom is 0.144 e. The molecule has 0 N–H and O–H groups in total. The number of halogens is 2. The highest BCUT2D eigenvalue weighted by Crippen LogP contribution is 2.35. The van der Waals surface area contributed by atoms with Crippen molar-refractivity contribution < 1.29 is 4.84 Å². The molecule has 7 heteroatoms. The lowest BCUT2D eigenvalue weighted by molar-refractivity contribution is 0.156. The van der Waals surface area contributed by atoms with E-state index in [1.807, 2.05) is 19.1 Å². The molecule has 0 spiro atoms. The molecule has 3 rings (SSSR count). The molecule has 3 unspecified atom stereocenters. The van der Waals surface area contributed by atoms with Crippen molar-refractivity contribution in [2.24, 2.45) is 27.3 Å². The maximum atomic E-state index is 6.26. The highest BCUT2D eigenvalue weighted by Gasteiger charge is 2.29. The lowest BCUT2D eigenvalue weighted by Crippen LogP contribution is -2.34. The smallest absolute Gasteiger partial charge is 0.144 e. The SMILES string of the molecule is CC1=C(CO/N=C(/C)C2=CC=C(Cl)C(Cl)C2)C(N2N=NCCC(C)C2C)=C[C@@H](C)C1. The summed E-state index contributed by atoms with van der Waals surface area (Å²) in [5, 5.41) is 15.8. The van der Waals surface area contributed by atoms with Gasteiger partial charge in [0.05, 0.1) is 29.4 Å². The molecule has 0 saturated heterocycles. The second kappa shape index (κ2) is 10.1. The van der Waals surface area contributed by atoms with Crippen LogP contribution >= 0.6 is 23.2 Å². The molecular formula is C23H32Cl2N4O. The van der Waals surface area contributed by atoms with Crippen LogP contribution in [0.2, 0.25) is 0 Å². The summed E-state index contributed by atoms with van der Waals surface area (Å²) in [6, 6.07) is 0.283. The Morgan fingerprint density at radius 2 is 2.03 bits per heavy atom. The normalized spacial score (nSPS) is 30.6. The second-order valence-electron chi connectivity index (χ2n) is 8.66. The molecule has 0 bridgehead atoms. The van der Waals surface area contributed by atoms with Crippen LogP contribution in [0.25, 0.3) is 0 Å². The molecule has 0 aromatic rings. The van der Waals surface area contributed by atoms with Gasteiger partial charge in [0.25, 0.3) is 0 Å². The van der Waals surface area contributed by atoms with E-state index < -0.39 is 0 Å². The van der Waals surface area contributed by atoms with Crippen LogP contribution in [0.3, 0.4) is 0 Å². The topological polar surface area (TPSA) is 49.5 Å². The van der Waals surface area contributed by atoms with Gasteiger partial charge < -0.3 is 4.84 Å². The first-order chi connectivity index (χ1) is 14.3. The number of allylic oxidation sites excluding steroid dienone is 6. The van der Waals surface area contributed by atoms with Gasteiger partial charge in [0.1, 0.15) is 6.61 Å². The Labute approximate surface area is 190 Å². The molecule has 30 heavy (non-hydrogen) atoms. The van der Waals surface area contributed by atoms with Gasteiger partial charge in [0, 0.05) is 10.6 Å². The summed E-state index contributed by atoms with van der Waals surface area (Å²) in [7, 11) is 0. The van der Waals surface area contributed by atoms with Gasteiger partial charge >= 0.3 is 0 Å². The molecule has 0 radical (unpaired) electrons. The molecule has 5 nitrogen and oxygen atoms in total. The Morgan fingerprint density at radius 1 is 1.27 bits per heavy atom. The minimum atomic E-state index is -0.201. The predicted molar refractivity (Wildman–Crippen MR) is 125 cm³/mol. The predicted octanol–water partition coefficient (Wildman–Crippen LogP) is 6.78. The summed E-state index contributed by atoms with van der Waals surface area (Å²) in [5.74, 6) is 0.974. The summed E-state index contributed by atoms with van der Waals surface area (Å²) in [5.41, 5.74) is 5.45. The first-order valence-electron chi connectivity index (χ1n) is 10.7. The van der Waals surface area contributed by atoms with Crippen molar-refractivity contribution in [3.8, 4) is 0 Å². The molecule has 0 fully saturated rings. The summed E-state index contributed by atoms with van der Waals surface area (Å²) in [6.45, 7) is 12.0. The fraction of sp³-hybridized carbons (Fsp3) is 0.609. The molecule has 164 valence electrons. The maximum absolute atomic E-state index is 6.26. The van der Waals surface area contributed by atoms with E-state index in [0.29, 0.717) is 29.9 Å². The first-order valence-corrected chi connectivity index (χ1v) is 11.5. The van der Waals surface area contributed by atoms with Gasteiger partial charge in [0.15, 0.2) is 0 Å². The van der Waals surface area contributed by atoms with E-state index in [1.54, 1.807) is 0 Å². The fourth-order valence-electron chi connectivity index (χ4n) is 4.03. The first kappa shape index (κ1) is 23.1. The van der Waals surface area contributed by atoms with E-state index in [2.05, 4.69) is 54.3 Å². The zero-order valence-corrected chi connectivity index (χ0v) is 20.0. The minimum Gasteiger partial charge on any atom is -0.391 e. The fourth-order valence-corrected chi connectivity index (χ4v) is 4.41. The molecule has 4 atom stereocenters. The Morgan fingerprint density at radius 3 is 2.77 bits per heavy atom. The van der Waals surface area contributed by atoms with Crippen LogP contribution in [0.5, 0.6) is 0 Å². The van der Waals surface area contributed by atoms with Gasteiger partial charge in [-0.05, 0) is 63.5 Å². The lowest BCUT2D eigenvalue weighted by atomic mass is 9.88. The van der Waals surface area contributed by atoms with E-state index >= 15 is 0 Å². The van der Waals surface area contributed by atoms with Crippen LogP contribution in [0.4, 0.5) is 0 Å². The van der Waals surface area contributed by atoms with Gasteiger partial charge in [-0.25, -0.2) is 5.01 Å². The summed E-state index contributed by atoms with van der Waals surface area (Å²) in [6.07, 6.45) is 8.81. The second-order valence-corrected chi connectivity index (χ2v) is 9.63. The Bertz CT molecular complexity index is 840. The van der Waals surface area contributed by atoms with Crippen LogP contribution in [0.1, 0.15) is 53.9 Å².